The Morgan fingerprint density at radius 1 is 1.19 bits per heavy atom. The second-order valence-electron chi connectivity index (χ2n) is 5.47. The number of ketones is 1. The van der Waals surface area contributed by atoms with Crippen LogP contribution in [0.4, 0.5) is 0 Å². The Balaban J connectivity index is 1.74. The van der Waals surface area contributed by atoms with Crippen LogP contribution in [0.3, 0.4) is 0 Å². The van der Waals surface area contributed by atoms with E-state index in [-0.39, 0.29) is 16.8 Å². The van der Waals surface area contributed by atoms with Crippen LogP contribution in [0, 0.1) is 0 Å². The first kappa shape index (κ1) is 17.9. The van der Waals surface area contributed by atoms with Gasteiger partial charge in [0.15, 0.2) is 5.78 Å². The van der Waals surface area contributed by atoms with Crippen LogP contribution in [0.2, 0.25) is 0 Å². The fourth-order valence-corrected chi connectivity index (χ4v) is 3.22. The zero-order chi connectivity index (χ0) is 18.5. The summed E-state index contributed by atoms with van der Waals surface area (Å²) in [7, 11) is 0. The van der Waals surface area contributed by atoms with Crippen molar-refractivity contribution in [2.24, 2.45) is 0 Å². The van der Waals surface area contributed by atoms with Gasteiger partial charge in [-0.3, -0.25) is 4.79 Å². The summed E-state index contributed by atoms with van der Waals surface area (Å²) in [6.45, 7) is 4.31. The second-order valence-corrected chi connectivity index (χ2v) is 6.78. The molecule has 2 aromatic carbocycles. The van der Waals surface area contributed by atoms with Crippen LogP contribution in [0.5, 0.6) is 11.5 Å². The molecule has 0 saturated carbocycles. The molecule has 26 heavy (non-hydrogen) atoms. The fraction of sp³-hybridized carbons (Fsp3) is 0.222. The van der Waals surface area contributed by atoms with E-state index in [0.29, 0.717) is 23.0 Å². The van der Waals surface area contributed by atoms with E-state index < -0.39 is 0 Å². The highest BCUT2D eigenvalue weighted by molar-refractivity contribution is 8.00. The number of phenols is 1. The third kappa shape index (κ3) is 4.02. The summed E-state index contributed by atoms with van der Waals surface area (Å²) in [6, 6.07) is 13.6. The van der Waals surface area contributed by atoms with Gasteiger partial charge in [-0.05, 0) is 72.8 Å². The Labute approximate surface area is 155 Å². The molecule has 1 atom stereocenters. The van der Waals surface area contributed by atoms with Gasteiger partial charge in [0.05, 0.1) is 17.5 Å². The number of nitrogens with zero attached hydrogens (tertiary/aromatic N) is 4. The Morgan fingerprint density at radius 3 is 2.54 bits per heavy atom. The highest BCUT2D eigenvalue weighted by Crippen LogP contribution is 2.26. The quantitative estimate of drug-likeness (QED) is 0.505. The third-order valence-electron chi connectivity index (χ3n) is 3.64. The van der Waals surface area contributed by atoms with Gasteiger partial charge in [0.2, 0.25) is 5.16 Å². The van der Waals surface area contributed by atoms with E-state index in [4.69, 9.17) is 4.74 Å². The number of carbonyl (C=O) groups is 1. The number of thioether (sulfide) groups is 1. The molecule has 134 valence electrons. The zero-order valence-electron chi connectivity index (χ0n) is 14.4. The standard InChI is InChI=1S/C18H18N4O3S/c1-3-25-16-10-4-13(5-11-16)17(24)12(2)26-18-19-20-21-22(18)14-6-8-15(23)9-7-14/h4-12,23H,3H2,1-2H3. The highest BCUT2D eigenvalue weighted by Gasteiger charge is 2.20. The lowest BCUT2D eigenvalue weighted by Gasteiger charge is -2.11. The molecular weight excluding hydrogens is 352 g/mol. The summed E-state index contributed by atoms with van der Waals surface area (Å²) in [5.41, 5.74) is 1.31. The molecule has 0 aliphatic heterocycles. The Bertz CT molecular complexity index is 878. The third-order valence-corrected chi connectivity index (χ3v) is 4.67. The maximum atomic E-state index is 12.7. The maximum Gasteiger partial charge on any atom is 0.214 e. The van der Waals surface area contributed by atoms with Crippen LogP contribution in [0.25, 0.3) is 5.69 Å². The van der Waals surface area contributed by atoms with Gasteiger partial charge in [-0.15, -0.1) is 5.10 Å². The minimum atomic E-state index is -0.366. The van der Waals surface area contributed by atoms with E-state index in [2.05, 4.69) is 15.5 Å². The molecule has 1 aromatic heterocycles. The molecule has 0 aliphatic rings. The van der Waals surface area contributed by atoms with Gasteiger partial charge in [0.1, 0.15) is 11.5 Å². The molecule has 0 amide bonds. The average molecular weight is 370 g/mol. The molecule has 1 heterocycles. The molecule has 0 spiro atoms. The number of carbonyl (C=O) groups excluding carboxylic acids is 1. The summed E-state index contributed by atoms with van der Waals surface area (Å²) < 4.78 is 6.93. The molecule has 1 unspecified atom stereocenters. The summed E-state index contributed by atoms with van der Waals surface area (Å²) in [4.78, 5) is 12.7. The predicted octanol–water partition coefficient (Wildman–Crippen LogP) is 3.13. The topological polar surface area (TPSA) is 90.1 Å². The van der Waals surface area contributed by atoms with Crippen molar-refractivity contribution in [3.63, 3.8) is 0 Å². The fourth-order valence-electron chi connectivity index (χ4n) is 2.34. The number of tetrazole rings is 1. The molecule has 0 radical (unpaired) electrons. The number of Topliss-reactive ketones (excluding diaryl/α,β-unsaturated/α-hetero) is 1. The minimum Gasteiger partial charge on any atom is -0.508 e. The van der Waals surface area contributed by atoms with Crippen molar-refractivity contribution in [3.05, 3.63) is 54.1 Å². The number of aromatic nitrogens is 4. The van der Waals surface area contributed by atoms with Crippen molar-refractivity contribution in [2.45, 2.75) is 24.3 Å². The lowest BCUT2D eigenvalue weighted by atomic mass is 10.1. The van der Waals surface area contributed by atoms with Crippen molar-refractivity contribution >= 4 is 17.5 Å². The van der Waals surface area contributed by atoms with Crippen molar-refractivity contribution in [2.75, 3.05) is 6.61 Å². The van der Waals surface area contributed by atoms with E-state index in [1.807, 2.05) is 13.8 Å². The molecule has 0 fully saturated rings. The summed E-state index contributed by atoms with van der Waals surface area (Å²) in [5.74, 6) is 0.883. The second kappa shape index (κ2) is 8.01. The number of phenolic OH excluding ortho intramolecular Hbond substituents is 1. The molecule has 7 nitrogen and oxygen atoms in total. The Kier molecular flexibility index (Phi) is 5.52. The Morgan fingerprint density at radius 2 is 1.88 bits per heavy atom. The molecule has 3 rings (SSSR count). The van der Waals surface area contributed by atoms with E-state index >= 15 is 0 Å². The van der Waals surface area contributed by atoms with Crippen LogP contribution in [-0.2, 0) is 0 Å². The molecule has 8 heteroatoms. The van der Waals surface area contributed by atoms with Crippen molar-refractivity contribution in [1.29, 1.82) is 0 Å². The Hall–Kier alpha value is -2.87. The molecule has 1 N–H and O–H groups in total. The van der Waals surface area contributed by atoms with Crippen LogP contribution in [0.15, 0.2) is 53.7 Å². The first-order valence-electron chi connectivity index (χ1n) is 8.10. The van der Waals surface area contributed by atoms with Gasteiger partial charge >= 0.3 is 0 Å². The molecule has 0 bridgehead atoms. The highest BCUT2D eigenvalue weighted by atomic mass is 32.2. The number of rotatable bonds is 7. The average Bonchev–Trinajstić information content (AvgIpc) is 3.11. The van der Waals surface area contributed by atoms with E-state index in [1.165, 1.54) is 16.4 Å². The lowest BCUT2D eigenvalue weighted by Crippen LogP contribution is -2.14. The number of hydrogen-bond acceptors (Lipinski definition) is 7. The van der Waals surface area contributed by atoms with Crippen molar-refractivity contribution < 1.29 is 14.6 Å². The largest absolute Gasteiger partial charge is 0.508 e. The van der Waals surface area contributed by atoms with Gasteiger partial charge in [0, 0.05) is 5.56 Å². The normalized spacial score (nSPS) is 11.9. The number of benzene rings is 2. The monoisotopic (exact) mass is 370 g/mol. The summed E-state index contributed by atoms with van der Waals surface area (Å²) in [5, 5.41) is 21.2. The van der Waals surface area contributed by atoms with Crippen LogP contribution in [-0.4, -0.2) is 43.0 Å². The molecular formula is C18H18N4O3S. The van der Waals surface area contributed by atoms with Crippen LogP contribution in [0.1, 0.15) is 24.2 Å². The summed E-state index contributed by atoms with van der Waals surface area (Å²) >= 11 is 1.28. The van der Waals surface area contributed by atoms with Crippen molar-refractivity contribution in [3.8, 4) is 17.2 Å². The van der Waals surface area contributed by atoms with Gasteiger partial charge in [0.25, 0.3) is 0 Å². The van der Waals surface area contributed by atoms with Crippen LogP contribution < -0.4 is 4.74 Å². The van der Waals surface area contributed by atoms with Gasteiger partial charge in [-0.1, -0.05) is 11.8 Å². The maximum absolute atomic E-state index is 12.7. The molecule has 0 aliphatic carbocycles. The zero-order valence-corrected chi connectivity index (χ0v) is 15.2. The molecule has 3 aromatic rings. The van der Waals surface area contributed by atoms with E-state index in [0.717, 1.165) is 5.75 Å². The van der Waals surface area contributed by atoms with Gasteiger partial charge in [-0.25, -0.2) is 0 Å². The molecule has 0 saturated heterocycles. The number of ether oxygens (including phenoxy) is 1. The number of aromatic hydroxyl groups is 1. The van der Waals surface area contributed by atoms with Gasteiger partial charge in [-0.2, -0.15) is 4.68 Å². The van der Waals surface area contributed by atoms with Gasteiger partial charge < -0.3 is 9.84 Å². The smallest absolute Gasteiger partial charge is 0.214 e. The van der Waals surface area contributed by atoms with E-state index in [9.17, 15) is 9.90 Å². The summed E-state index contributed by atoms with van der Waals surface area (Å²) in [6.07, 6.45) is 0. The first-order chi connectivity index (χ1) is 12.6. The van der Waals surface area contributed by atoms with E-state index in [1.54, 1.807) is 48.5 Å². The first-order valence-corrected chi connectivity index (χ1v) is 8.98. The van der Waals surface area contributed by atoms with Crippen LogP contribution >= 0.6 is 11.8 Å². The lowest BCUT2D eigenvalue weighted by molar-refractivity contribution is 0.0994. The predicted molar refractivity (Wildman–Crippen MR) is 98.1 cm³/mol. The van der Waals surface area contributed by atoms with Crippen molar-refractivity contribution in [1.82, 2.24) is 20.2 Å². The minimum absolute atomic E-state index is 0.0155. The number of hydrogen-bond donors (Lipinski definition) is 1. The SMILES string of the molecule is CCOc1ccc(C(=O)C(C)Sc2nnnn2-c2ccc(O)cc2)cc1.